The zero-order chi connectivity index (χ0) is 14.0. The minimum absolute atomic E-state index is 0.0713. The fourth-order valence-electron chi connectivity index (χ4n) is 2.03. The molecule has 1 aromatic rings. The highest BCUT2D eigenvalue weighted by Crippen LogP contribution is 2.42. The van der Waals surface area contributed by atoms with Crippen LogP contribution in [0.15, 0.2) is 0 Å². The standard InChI is InChI=1S/C11H15N3O3S2/c1-17-10-9(13)8(6-12)18-11(10)14-7-2-4-19(15,16)5-3-7/h7,14H,2-5,13H2,1H3. The Morgan fingerprint density at radius 3 is 2.63 bits per heavy atom. The molecule has 6 nitrogen and oxygen atoms in total. The van der Waals surface area contributed by atoms with Gasteiger partial charge in [0.05, 0.1) is 18.6 Å². The van der Waals surface area contributed by atoms with Crippen LogP contribution in [-0.2, 0) is 9.84 Å². The highest BCUT2D eigenvalue weighted by Gasteiger charge is 2.25. The third kappa shape index (κ3) is 2.93. The molecule has 0 atom stereocenters. The second kappa shape index (κ2) is 5.27. The van der Waals surface area contributed by atoms with Crippen molar-refractivity contribution in [1.29, 1.82) is 5.26 Å². The molecule has 0 spiro atoms. The molecule has 2 heterocycles. The van der Waals surface area contributed by atoms with Gasteiger partial charge in [0.2, 0.25) is 0 Å². The van der Waals surface area contributed by atoms with Crippen LogP contribution < -0.4 is 15.8 Å². The van der Waals surface area contributed by atoms with Crippen LogP contribution in [0.3, 0.4) is 0 Å². The molecule has 104 valence electrons. The molecule has 1 aromatic heterocycles. The summed E-state index contributed by atoms with van der Waals surface area (Å²) in [5.74, 6) is 0.854. The van der Waals surface area contributed by atoms with Gasteiger partial charge in [-0.25, -0.2) is 8.42 Å². The van der Waals surface area contributed by atoms with Gasteiger partial charge in [0.1, 0.15) is 31.5 Å². The van der Waals surface area contributed by atoms with E-state index in [1.54, 1.807) is 0 Å². The van der Waals surface area contributed by atoms with Crippen molar-refractivity contribution in [1.82, 2.24) is 0 Å². The number of nitriles is 1. The fourth-order valence-corrected chi connectivity index (χ4v) is 4.48. The molecule has 0 unspecified atom stereocenters. The maximum absolute atomic E-state index is 11.4. The van der Waals surface area contributed by atoms with Gasteiger partial charge in [-0.1, -0.05) is 0 Å². The van der Waals surface area contributed by atoms with E-state index in [-0.39, 0.29) is 17.5 Å². The maximum Gasteiger partial charge on any atom is 0.177 e. The number of sulfone groups is 1. The molecular weight excluding hydrogens is 286 g/mol. The number of methoxy groups -OCH3 is 1. The largest absolute Gasteiger partial charge is 0.492 e. The van der Waals surface area contributed by atoms with Crippen molar-refractivity contribution in [3.8, 4) is 11.8 Å². The lowest BCUT2D eigenvalue weighted by Crippen LogP contribution is -2.31. The van der Waals surface area contributed by atoms with E-state index in [0.29, 0.717) is 34.2 Å². The Morgan fingerprint density at radius 2 is 2.11 bits per heavy atom. The third-order valence-corrected chi connectivity index (χ3v) is 5.83. The lowest BCUT2D eigenvalue weighted by Gasteiger charge is -2.23. The van der Waals surface area contributed by atoms with Crippen LogP contribution in [0.4, 0.5) is 10.7 Å². The van der Waals surface area contributed by atoms with Gasteiger partial charge in [-0.05, 0) is 12.8 Å². The van der Waals surface area contributed by atoms with Crippen LogP contribution in [0.5, 0.6) is 5.75 Å². The first-order chi connectivity index (χ1) is 8.96. The number of thiophene rings is 1. The number of ether oxygens (including phenoxy) is 1. The van der Waals surface area contributed by atoms with E-state index in [2.05, 4.69) is 5.32 Å². The first-order valence-electron chi connectivity index (χ1n) is 5.80. The molecular formula is C11H15N3O3S2. The van der Waals surface area contributed by atoms with E-state index in [1.807, 2.05) is 6.07 Å². The number of nitrogens with zero attached hydrogens (tertiary/aromatic N) is 1. The number of hydrogen-bond donors (Lipinski definition) is 2. The second-order valence-electron chi connectivity index (χ2n) is 4.39. The average Bonchev–Trinajstić information content (AvgIpc) is 2.67. The van der Waals surface area contributed by atoms with Crippen molar-refractivity contribution in [2.45, 2.75) is 18.9 Å². The highest BCUT2D eigenvalue weighted by molar-refractivity contribution is 7.91. The van der Waals surface area contributed by atoms with Crippen LogP contribution in [0.2, 0.25) is 0 Å². The van der Waals surface area contributed by atoms with E-state index in [0.717, 1.165) is 0 Å². The van der Waals surface area contributed by atoms with Crippen LogP contribution in [0, 0.1) is 11.3 Å². The van der Waals surface area contributed by atoms with Crippen LogP contribution in [-0.4, -0.2) is 33.1 Å². The van der Waals surface area contributed by atoms with E-state index < -0.39 is 9.84 Å². The Kier molecular flexibility index (Phi) is 3.87. The van der Waals surface area contributed by atoms with Crippen molar-refractivity contribution < 1.29 is 13.2 Å². The molecule has 1 fully saturated rings. The van der Waals surface area contributed by atoms with E-state index >= 15 is 0 Å². The SMILES string of the molecule is COc1c(NC2CCS(=O)(=O)CC2)sc(C#N)c1N. The number of anilines is 2. The van der Waals surface area contributed by atoms with E-state index in [1.165, 1.54) is 18.4 Å². The summed E-state index contributed by atoms with van der Waals surface area (Å²) >= 11 is 1.23. The Morgan fingerprint density at radius 1 is 1.47 bits per heavy atom. The predicted molar refractivity (Wildman–Crippen MR) is 75.3 cm³/mol. The monoisotopic (exact) mass is 301 g/mol. The molecule has 0 saturated carbocycles. The molecule has 0 aliphatic carbocycles. The van der Waals surface area contributed by atoms with Gasteiger partial charge in [-0.3, -0.25) is 0 Å². The van der Waals surface area contributed by atoms with Crippen molar-refractivity contribution in [2.75, 3.05) is 29.7 Å². The maximum atomic E-state index is 11.4. The number of nitrogens with two attached hydrogens (primary N) is 1. The van der Waals surface area contributed by atoms with Gasteiger partial charge in [0.25, 0.3) is 0 Å². The first-order valence-corrected chi connectivity index (χ1v) is 8.44. The summed E-state index contributed by atoms with van der Waals surface area (Å²) in [6.07, 6.45) is 1.12. The summed E-state index contributed by atoms with van der Waals surface area (Å²) < 4.78 is 27.9. The summed E-state index contributed by atoms with van der Waals surface area (Å²) in [4.78, 5) is 0.405. The van der Waals surface area contributed by atoms with Crippen molar-refractivity contribution in [2.24, 2.45) is 0 Å². The highest BCUT2D eigenvalue weighted by atomic mass is 32.2. The van der Waals surface area contributed by atoms with Gasteiger partial charge in [-0.15, -0.1) is 11.3 Å². The Labute approximate surface area is 116 Å². The van der Waals surface area contributed by atoms with Gasteiger partial charge in [-0.2, -0.15) is 5.26 Å². The molecule has 0 aromatic carbocycles. The minimum atomic E-state index is -2.88. The molecule has 0 radical (unpaired) electrons. The summed E-state index contributed by atoms with van der Waals surface area (Å²) in [7, 11) is -1.38. The van der Waals surface area contributed by atoms with Crippen molar-refractivity contribution >= 4 is 31.9 Å². The molecule has 2 rings (SSSR count). The Bertz CT molecular complexity index is 602. The zero-order valence-electron chi connectivity index (χ0n) is 10.5. The second-order valence-corrected chi connectivity index (χ2v) is 7.71. The van der Waals surface area contributed by atoms with Crippen molar-refractivity contribution in [3.05, 3.63) is 4.88 Å². The predicted octanol–water partition coefficient (Wildman–Crippen LogP) is 1.20. The quantitative estimate of drug-likeness (QED) is 0.869. The smallest absolute Gasteiger partial charge is 0.177 e. The summed E-state index contributed by atoms with van der Waals surface area (Å²) in [6.45, 7) is 0. The molecule has 0 amide bonds. The molecule has 3 N–H and O–H groups in total. The average molecular weight is 301 g/mol. The van der Waals surface area contributed by atoms with E-state index in [9.17, 15) is 8.42 Å². The number of rotatable bonds is 3. The molecule has 0 bridgehead atoms. The zero-order valence-corrected chi connectivity index (χ0v) is 12.1. The van der Waals surface area contributed by atoms with Gasteiger partial charge < -0.3 is 15.8 Å². The number of hydrogen-bond acceptors (Lipinski definition) is 7. The molecule has 1 saturated heterocycles. The topological polar surface area (TPSA) is 105 Å². The Balaban J connectivity index is 2.14. The third-order valence-electron chi connectivity index (χ3n) is 3.10. The Hall–Kier alpha value is -1.46. The molecule has 19 heavy (non-hydrogen) atoms. The molecule has 8 heteroatoms. The lowest BCUT2D eigenvalue weighted by molar-refractivity contribution is 0.419. The minimum Gasteiger partial charge on any atom is -0.492 e. The number of nitrogens with one attached hydrogen (secondary N) is 1. The normalized spacial score (nSPS) is 18.7. The summed E-state index contributed by atoms with van der Waals surface area (Å²) in [5, 5.41) is 12.9. The lowest BCUT2D eigenvalue weighted by atomic mass is 10.1. The van der Waals surface area contributed by atoms with E-state index in [4.69, 9.17) is 15.7 Å². The van der Waals surface area contributed by atoms with Crippen LogP contribution >= 0.6 is 11.3 Å². The van der Waals surface area contributed by atoms with Gasteiger partial charge in [0.15, 0.2) is 5.75 Å². The van der Waals surface area contributed by atoms with Crippen LogP contribution in [0.25, 0.3) is 0 Å². The molecule has 1 aliphatic rings. The van der Waals surface area contributed by atoms with Crippen molar-refractivity contribution in [3.63, 3.8) is 0 Å². The number of nitrogen functional groups attached to an aromatic ring is 1. The van der Waals surface area contributed by atoms with Gasteiger partial charge >= 0.3 is 0 Å². The first kappa shape index (κ1) is 14.0. The summed E-state index contributed by atoms with van der Waals surface area (Å²) in [6, 6.07) is 2.09. The summed E-state index contributed by atoms with van der Waals surface area (Å²) in [5.41, 5.74) is 6.13. The molecule has 1 aliphatic heterocycles. The van der Waals surface area contributed by atoms with Gasteiger partial charge in [0, 0.05) is 6.04 Å². The van der Waals surface area contributed by atoms with Crippen LogP contribution in [0.1, 0.15) is 17.7 Å². The fraction of sp³-hybridized carbons (Fsp3) is 0.545.